The molecule has 0 atom stereocenters. The molecule has 4 rings (SSSR count). The van der Waals surface area contributed by atoms with Gasteiger partial charge in [-0.1, -0.05) is 24.0 Å². The Morgan fingerprint density at radius 1 is 0.929 bits per heavy atom. The van der Waals surface area contributed by atoms with Gasteiger partial charge in [0.2, 0.25) is 0 Å². The lowest BCUT2D eigenvalue weighted by molar-refractivity contribution is 0.0699. The molecule has 0 bridgehead atoms. The number of aromatic nitrogens is 2. The Balaban J connectivity index is 1.73. The second-order valence-corrected chi connectivity index (χ2v) is 6.39. The average molecular weight is 364 g/mol. The maximum atomic E-state index is 11.8. The predicted octanol–water partition coefficient (Wildman–Crippen LogP) is 4.70. The van der Waals surface area contributed by atoms with Crippen molar-refractivity contribution in [3.8, 4) is 23.0 Å². The lowest BCUT2D eigenvalue weighted by Gasteiger charge is -2.10. The zero-order chi connectivity index (χ0) is 19.5. The van der Waals surface area contributed by atoms with Crippen molar-refractivity contribution in [2.75, 3.05) is 0 Å². The van der Waals surface area contributed by atoms with Gasteiger partial charge in [-0.05, 0) is 65.9 Å². The molecule has 2 aromatic heterocycles. The van der Waals surface area contributed by atoms with Crippen molar-refractivity contribution >= 4 is 16.7 Å². The summed E-state index contributed by atoms with van der Waals surface area (Å²) in [5.74, 6) is 5.23. The number of fused-ring (bicyclic) bond motifs is 1. The highest BCUT2D eigenvalue weighted by Crippen LogP contribution is 2.29. The number of carboxylic acids is 1. The normalized spacial score (nSPS) is 10.3. The number of benzene rings is 2. The van der Waals surface area contributed by atoms with Gasteiger partial charge in [-0.25, -0.2) is 4.79 Å². The number of rotatable bonds is 2. The highest BCUT2D eigenvalue weighted by atomic mass is 16.4. The summed E-state index contributed by atoms with van der Waals surface area (Å²) in [6.45, 7) is 1.82. The molecule has 2 heterocycles. The molecule has 0 fully saturated rings. The summed E-state index contributed by atoms with van der Waals surface area (Å²) in [6.07, 6.45) is 5.14. The molecule has 0 aliphatic heterocycles. The first-order chi connectivity index (χ1) is 13.6. The zero-order valence-electron chi connectivity index (χ0n) is 15.2. The summed E-state index contributed by atoms with van der Waals surface area (Å²) in [5.41, 5.74) is 4.50. The number of pyridine rings is 2. The minimum absolute atomic E-state index is 0.263. The van der Waals surface area contributed by atoms with E-state index in [2.05, 4.69) is 21.8 Å². The first-order valence-corrected chi connectivity index (χ1v) is 8.77. The largest absolute Gasteiger partial charge is 0.478 e. The summed E-state index contributed by atoms with van der Waals surface area (Å²) in [7, 11) is 0. The van der Waals surface area contributed by atoms with Crippen LogP contribution in [0.2, 0.25) is 0 Å². The van der Waals surface area contributed by atoms with E-state index in [0.717, 1.165) is 27.6 Å². The third-order valence-corrected chi connectivity index (χ3v) is 4.51. The van der Waals surface area contributed by atoms with E-state index in [0.29, 0.717) is 11.1 Å². The van der Waals surface area contributed by atoms with Crippen molar-refractivity contribution in [2.24, 2.45) is 0 Å². The third-order valence-electron chi connectivity index (χ3n) is 4.51. The topological polar surface area (TPSA) is 63.1 Å². The molecule has 0 aliphatic carbocycles. The van der Waals surface area contributed by atoms with Gasteiger partial charge in [0.15, 0.2) is 0 Å². The van der Waals surface area contributed by atoms with Gasteiger partial charge in [0.25, 0.3) is 0 Å². The van der Waals surface area contributed by atoms with E-state index in [9.17, 15) is 9.90 Å². The minimum atomic E-state index is -0.957. The summed E-state index contributed by atoms with van der Waals surface area (Å²) in [4.78, 5) is 20.0. The predicted molar refractivity (Wildman–Crippen MR) is 109 cm³/mol. The molecule has 134 valence electrons. The standard InChI is InChI=1S/C24H16N2O2/c1-16-23-20(10-12-26-16)13-21(14-22(23)24(27)28)19-8-6-17(7-9-19)4-5-18-3-2-11-25-15-18/h2-3,6-15H,1H3,(H,27,28). The van der Waals surface area contributed by atoms with Gasteiger partial charge in [-0.2, -0.15) is 0 Å². The van der Waals surface area contributed by atoms with Crippen molar-refractivity contribution in [2.45, 2.75) is 6.92 Å². The fourth-order valence-electron chi connectivity index (χ4n) is 3.16. The third kappa shape index (κ3) is 3.46. The molecule has 4 heteroatoms. The summed E-state index contributed by atoms with van der Waals surface area (Å²) >= 11 is 0. The van der Waals surface area contributed by atoms with Crippen LogP contribution in [0.4, 0.5) is 0 Å². The molecular weight excluding hydrogens is 348 g/mol. The van der Waals surface area contributed by atoms with Crippen molar-refractivity contribution in [3.63, 3.8) is 0 Å². The molecular formula is C24H16N2O2. The molecule has 28 heavy (non-hydrogen) atoms. The summed E-state index contributed by atoms with van der Waals surface area (Å²) in [5, 5.41) is 11.2. The Labute approximate surface area is 162 Å². The smallest absolute Gasteiger partial charge is 0.336 e. The average Bonchev–Trinajstić information content (AvgIpc) is 2.73. The maximum Gasteiger partial charge on any atom is 0.336 e. The lowest BCUT2D eigenvalue weighted by atomic mass is 9.96. The second kappa shape index (κ2) is 7.34. The van der Waals surface area contributed by atoms with Gasteiger partial charge >= 0.3 is 5.97 Å². The van der Waals surface area contributed by atoms with E-state index in [1.165, 1.54) is 0 Å². The lowest BCUT2D eigenvalue weighted by Crippen LogP contribution is -2.00. The molecule has 1 N–H and O–H groups in total. The highest BCUT2D eigenvalue weighted by molar-refractivity contribution is 6.06. The van der Waals surface area contributed by atoms with E-state index >= 15 is 0 Å². The summed E-state index contributed by atoms with van der Waals surface area (Å²) < 4.78 is 0. The Kier molecular flexibility index (Phi) is 4.57. The van der Waals surface area contributed by atoms with Crippen LogP contribution in [0.5, 0.6) is 0 Å². The SMILES string of the molecule is Cc1nccc2cc(-c3ccc(C#Cc4cccnc4)cc3)cc(C(=O)O)c12. The van der Waals surface area contributed by atoms with Crippen LogP contribution in [-0.4, -0.2) is 21.0 Å². The van der Waals surface area contributed by atoms with E-state index < -0.39 is 5.97 Å². The number of carbonyl (C=O) groups is 1. The van der Waals surface area contributed by atoms with Gasteiger partial charge in [0.05, 0.1) is 5.56 Å². The van der Waals surface area contributed by atoms with Gasteiger partial charge in [-0.15, -0.1) is 0 Å². The Hall–Kier alpha value is -3.97. The van der Waals surface area contributed by atoms with E-state index in [1.54, 1.807) is 24.7 Å². The molecule has 0 radical (unpaired) electrons. The van der Waals surface area contributed by atoms with Crippen LogP contribution in [0.3, 0.4) is 0 Å². The second-order valence-electron chi connectivity index (χ2n) is 6.39. The number of carboxylic acid groups (broad SMARTS) is 1. The van der Waals surface area contributed by atoms with E-state index in [4.69, 9.17) is 0 Å². The molecule has 0 saturated carbocycles. The first kappa shape index (κ1) is 17.4. The molecule has 0 unspecified atom stereocenters. The monoisotopic (exact) mass is 364 g/mol. The summed E-state index contributed by atoms with van der Waals surface area (Å²) in [6, 6.07) is 17.1. The Bertz CT molecular complexity index is 1230. The molecule has 0 amide bonds. The number of hydrogen-bond acceptors (Lipinski definition) is 3. The molecule has 4 nitrogen and oxygen atoms in total. The van der Waals surface area contributed by atoms with Crippen LogP contribution in [-0.2, 0) is 0 Å². The highest BCUT2D eigenvalue weighted by Gasteiger charge is 2.14. The molecule has 4 aromatic rings. The van der Waals surface area contributed by atoms with Crippen molar-refractivity contribution in [1.29, 1.82) is 0 Å². The minimum Gasteiger partial charge on any atom is -0.478 e. The van der Waals surface area contributed by atoms with Crippen LogP contribution >= 0.6 is 0 Å². The van der Waals surface area contributed by atoms with Crippen LogP contribution in [0, 0.1) is 18.8 Å². The number of nitrogens with zero attached hydrogens (tertiary/aromatic N) is 2. The zero-order valence-corrected chi connectivity index (χ0v) is 15.2. The Morgan fingerprint density at radius 3 is 2.43 bits per heavy atom. The fourth-order valence-corrected chi connectivity index (χ4v) is 3.16. The molecule has 0 aliphatic rings. The number of aromatic carboxylic acids is 1. The fraction of sp³-hybridized carbons (Fsp3) is 0.0417. The molecule has 0 spiro atoms. The van der Waals surface area contributed by atoms with Gasteiger partial charge in [-0.3, -0.25) is 9.97 Å². The van der Waals surface area contributed by atoms with Crippen molar-refractivity contribution in [3.05, 3.63) is 95.6 Å². The van der Waals surface area contributed by atoms with E-state index in [-0.39, 0.29) is 5.56 Å². The maximum absolute atomic E-state index is 11.8. The molecule has 2 aromatic carbocycles. The van der Waals surface area contributed by atoms with Crippen molar-refractivity contribution < 1.29 is 9.90 Å². The first-order valence-electron chi connectivity index (χ1n) is 8.77. The van der Waals surface area contributed by atoms with Gasteiger partial charge in [0, 0.05) is 40.8 Å². The van der Waals surface area contributed by atoms with Crippen LogP contribution < -0.4 is 0 Å². The number of aryl methyl sites for hydroxylation is 1. The Morgan fingerprint density at radius 2 is 1.71 bits per heavy atom. The quantitative estimate of drug-likeness (QED) is 0.524. The number of hydrogen-bond donors (Lipinski definition) is 1. The molecule has 0 saturated heterocycles. The van der Waals surface area contributed by atoms with E-state index in [1.807, 2.05) is 55.5 Å². The van der Waals surface area contributed by atoms with Crippen LogP contribution in [0.1, 0.15) is 27.2 Å². The van der Waals surface area contributed by atoms with Crippen LogP contribution in [0.25, 0.3) is 21.9 Å². The van der Waals surface area contributed by atoms with Crippen LogP contribution in [0.15, 0.2) is 73.2 Å². The van der Waals surface area contributed by atoms with Crippen molar-refractivity contribution in [1.82, 2.24) is 9.97 Å². The van der Waals surface area contributed by atoms with Gasteiger partial charge < -0.3 is 5.11 Å². The van der Waals surface area contributed by atoms with Gasteiger partial charge in [0.1, 0.15) is 0 Å².